The Morgan fingerprint density at radius 2 is 1.91 bits per heavy atom. The lowest BCUT2D eigenvalue weighted by Crippen LogP contribution is -2.29. The summed E-state index contributed by atoms with van der Waals surface area (Å²) in [4.78, 5) is 13.4. The van der Waals surface area contributed by atoms with E-state index in [0.29, 0.717) is 5.75 Å². The van der Waals surface area contributed by atoms with Crippen LogP contribution >= 0.6 is 12.4 Å². The van der Waals surface area contributed by atoms with Gasteiger partial charge in [0.15, 0.2) is 0 Å². The molecule has 3 rings (SSSR count). The average Bonchev–Trinajstić information content (AvgIpc) is 2.47. The zero-order valence-electron chi connectivity index (χ0n) is 12.6. The Kier molecular flexibility index (Phi) is 5.58. The van der Waals surface area contributed by atoms with Gasteiger partial charge in [-0.1, -0.05) is 36.4 Å². The Morgan fingerprint density at radius 1 is 1.14 bits per heavy atom. The third kappa shape index (κ3) is 4.09. The van der Waals surface area contributed by atoms with Gasteiger partial charge in [0, 0.05) is 26.6 Å². The summed E-state index contributed by atoms with van der Waals surface area (Å²) in [6.07, 6.45) is 1.10. The molecule has 0 spiro atoms. The van der Waals surface area contributed by atoms with Crippen molar-refractivity contribution < 1.29 is 9.53 Å². The minimum Gasteiger partial charge on any atom is -0.427 e. The number of benzene rings is 2. The molecule has 0 saturated carbocycles. The Bertz CT molecular complexity index is 657. The van der Waals surface area contributed by atoms with Gasteiger partial charge in [0.2, 0.25) is 0 Å². The molecule has 1 aliphatic heterocycles. The van der Waals surface area contributed by atoms with Crippen LogP contribution in [0, 0.1) is 0 Å². The second-order valence-electron chi connectivity index (χ2n) is 5.47. The number of halogens is 1. The monoisotopic (exact) mass is 317 g/mol. The van der Waals surface area contributed by atoms with Gasteiger partial charge in [-0.25, -0.2) is 0 Å². The summed E-state index contributed by atoms with van der Waals surface area (Å²) in [5.41, 5.74) is 4.05. The molecule has 0 fully saturated rings. The fourth-order valence-electron chi connectivity index (χ4n) is 2.82. The first-order valence-electron chi connectivity index (χ1n) is 7.27. The lowest BCUT2D eigenvalue weighted by atomic mass is 9.99. The first-order valence-corrected chi connectivity index (χ1v) is 7.27. The first-order chi connectivity index (χ1) is 10.2. The van der Waals surface area contributed by atoms with Gasteiger partial charge < -0.3 is 4.74 Å². The van der Waals surface area contributed by atoms with Crippen molar-refractivity contribution in [2.45, 2.75) is 26.4 Å². The van der Waals surface area contributed by atoms with Crippen LogP contribution in [0.2, 0.25) is 0 Å². The van der Waals surface area contributed by atoms with E-state index < -0.39 is 0 Å². The molecule has 0 radical (unpaired) electrons. The van der Waals surface area contributed by atoms with Crippen molar-refractivity contribution in [3.8, 4) is 5.75 Å². The summed E-state index contributed by atoms with van der Waals surface area (Å²) in [5.74, 6) is 0.344. The smallest absolute Gasteiger partial charge is 0.308 e. The molecule has 4 heteroatoms. The van der Waals surface area contributed by atoms with E-state index in [-0.39, 0.29) is 18.4 Å². The zero-order valence-corrected chi connectivity index (χ0v) is 13.4. The zero-order chi connectivity index (χ0) is 14.7. The SMILES string of the molecule is CC(=O)Oc1cccc(CN2CCc3ccccc3C2)c1.Cl. The van der Waals surface area contributed by atoms with Crippen LogP contribution in [0.25, 0.3) is 0 Å². The Balaban J connectivity index is 0.00000176. The number of nitrogens with zero attached hydrogens (tertiary/aromatic N) is 1. The summed E-state index contributed by atoms with van der Waals surface area (Å²) < 4.78 is 5.14. The number of rotatable bonds is 3. The van der Waals surface area contributed by atoms with Crippen LogP contribution < -0.4 is 4.74 Å². The summed E-state index contributed by atoms with van der Waals surface area (Å²) >= 11 is 0. The molecule has 22 heavy (non-hydrogen) atoms. The van der Waals surface area contributed by atoms with Gasteiger partial charge in [-0.05, 0) is 35.2 Å². The van der Waals surface area contributed by atoms with E-state index in [1.807, 2.05) is 18.2 Å². The minimum atomic E-state index is -0.279. The molecule has 0 aliphatic carbocycles. The summed E-state index contributed by atoms with van der Waals surface area (Å²) in [6.45, 7) is 4.35. The minimum absolute atomic E-state index is 0. The molecule has 0 aromatic heterocycles. The third-order valence-corrected chi connectivity index (χ3v) is 3.78. The van der Waals surface area contributed by atoms with Gasteiger partial charge in [0.25, 0.3) is 0 Å². The van der Waals surface area contributed by atoms with Crippen molar-refractivity contribution in [1.29, 1.82) is 0 Å². The highest BCUT2D eigenvalue weighted by Gasteiger charge is 2.15. The number of carbonyl (C=O) groups excluding carboxylic acids is 1. The Hall–Kier alpha value is -1.84. The highest BCUT2D eigenvalue weighted by molar-refractivity contribution is 5.85. The lowest BCUT2D eigenvalue weighted by Gasteiger charge is -2.28. The molecule has 1 heterocycles. The van der Waals surface area contributed by atoms with E-state index in [9.17, 15) is 4.79 Å². The lowest BCUT2D eigenvalue weighted by molar-refractivity contribution is -0.131. The highest BCUT2D eigenvalue weighted by atomic mass is 35.5. The van der Waals surface area contributed by atoms with Crippen LogP contribution in [0.1, 0.15) is 23.6 Å². The van der Waals surface area contributed by atoms with Crippen LogP contribution in [-0.2, 0) is 24.3 Å². The van der Waals surface area contributed by atoms with E-state index in [1.165, 1.54) is 23.6 Å². The fourth-order valence-corrected chi connectivity index (χ4v) is 2.82. The van der Waals surface area contributed by atoms with Gasteiger partial charge in [-0.15, -0.1) is 12.4 Å². The van der Waals surface area contributed by atoms with Gasteiger partial charge in [0.1, 0.15) is 5.75 Å². The normalized spacial score (nSPS) is 13.9. The molecule has 0 saturated heterocycles. The number of ether oxygens (including phenoxy) is 1. The Morgan fingerprint density at radius 3 is 2.68 bits per heavy atom. The average molecular weight is 318 g/mol. The molecule has 1 aliphatic rings. The molecular formula is C18H20ClNO2. The van der Waals surface area contributed by atoms with Crippen molar-refractivity contribution in [1.82, 2.24) is 4.90 Å². The van der Waals surface area contributed by atoms with Crippen molar-refractivity contribution in [3.05, 3.63) is 65.2 Å². The number of hydrogen-bond acceptors (Lipinski definition) is 3. The maximum absolute atomic E-state index is 11.0. The molecular weight excluding hydrogens is 298 g/mol. The molecule has 0 atom stereocenters. The topological polar surface area (TPSA) is 29.5 Å². The van der Waals surface area contributed by atoms with E-state index in [1.54, 1.807) is 0 Å². The quantitative estimate of drug-likeness (QED) is 0.640. The third-order valence-electron chi connectivity index (χ3n) is 3.78. The van der Waals surface area contributed by atoms with Crippen molar-refractivity contribution in [2.24, 2.45) is 0 Å². The van der Waals surface area contributed by atoms with Gasteiger partial charge >= 0.3 is 5.97 Å². The maximum Gasteiger partial charge on any atom is 0.308 e. The summed E-state index contributed by atoms with van der Waals surface area (Å²) in [5, 5.41) is 0. The molecule has 0 amide bonds. The number of carbonyl (C=O) groups is 1. The molecule has 2 aromatic carbocycles. The number of fused-ring (bicyclic) bond motifs is 1. The van der Waals surface area contributed by atoms with Crippen LogP contribution in [0.5, 0.6) is 5.75 Å². The van der Waals surface area contributed by atoms with Crippen molar-refractivity contribution >= 4 is 18.4 Å². The van der Waals surface area contributed by atoms with E-state index >= 15 is 0 Å². The summed E-state index contributed by atoms with van der Waals surface area (Å²) in [6, 6.07) is 16.4. The van der Waals surface area contributed by atoms with Gasteiger partial charge in [0.05, 0.1) is 0 Å². The maximum atomic E-state index is 11.0. The second kappa shape index (κ2) is 7.43. The van der Waals surface area contributed by atoms with Crippen molar-refractivity contribution in [2.75, 3.05) is 6.54 Å². The number of hydrogen-bond donors (Lipinski definition) is 0. The van der Waals surface area contributed by atoms with Crippen LogP contribution in [0.4, 0.5) is 0 Å². The van der Waals surface area contributed by atoms with E-state index in [4.69, 9.17) is 4.74 Å². The van der Waals surface area contributed by atoms with E-state index in [2.05, 4.69) is 35.2 Å². The fraction of sp³-hybridized carbons (Fsp3) is 0.278. The largest absolute Gasteiger partial charge is 0.427 e. The van der Waals surface area contributed by atoms with Crippen molar-refractivity contribution in [3.63, 3.8) is 0 Å². The molecule has 0 bridgehead atoms. The predicted molar refractivity (Wildman–Crippen MR) is 89.3 cm³/mol. The molecule has 116 valence electrons. The molecule has 2 aromatic rings. The Labute approximate surface area is 137 Å². The van der Waals surface area contributed by atoms with Crippen LogP contribution in [0.15, 0.2) is 48.5 Å². The van der Waals surface area contributed by atoms with Gasteiger partial charge in [-0.3, -0.25) is 9.69 Å². The van der Waals surface area contributed by atoms with E-state index in [0.717, 1.165) is 26.1 Å². The predicted octanol–water partition coefficient (Wildman–Crippen LogP) is 3.59. The standard InChI is InChI=1S/C18H19NO2.ClH/c1-14(20)21-18-8-4-5-15(11-18)12-19-10-9-16-6-2-3-7-17(16)13-19;/h2-8,11H,9-10,12-13H2,1H3;1H. The van der Waals surface area contributed by atoms with Gasteiger partial charge in [-0.2, -0.15) is 0 Å². The number of esters is 1. The first kappa shape index (κ1) is 16.5. The summed E-state index contributed by atoms with van der Waals surface area (Å²) in [7, 11) is 0. The van der Waals surface area contributed by atoms with Crippen LogP contribution in [0.3, 0.4) is 0 Å². The second-order valence-corrected chi connectivity index (χ2v) is 5.47. The molecule has 3 nitrogen and oxygen atoms in total. The molecule has 0 N–H and O–H groups in total. The highest BCUT2D eigenvalue weighted by Crippen LogP contribution is 2.21. The molecule has 0 unspecified atom stereocenters. The van der Waals surface area contributed by atoms with Crippen LogP contribution in [-0.4, -0.2) is 17.4 Å².